The Morgan fingerprint density at radius 3 is 2.60 bits per heavy atom. The van der Waals surface area contributed by atoms with Crippen molar-refractivity contribution in [2.75, 3.05) is 6.54 Å². The van der Waals surface area contributed by atoms with Gasteiger partial charge in [0, 0.05) is 24.0 Å². The van der Waals surface area contributed by atoms with Crippen LogP contribution in [0.15, 0.2) is 18.3 Å². The fourth-order valence-corrected chi connectivity index (χ4v) is 2.51. The molecule has 1 aliphatic carbocycles. The van der Waals surface area contributed by atoms with Crippen LogP contribution in [0.4, 0.5) is 0 Å². The number of carbonyl (C=O) groups is 1. The van der Waals surface area contributed by atoms with Gasteiger partial charge in [0.25, 0.3) is 5.91 Å². The molecule has 6 heteroatoms. The molecule has 0 unspecified atom stereocenters. The molecule has 1 heterocycles. The van der Waals surface area contributed by atoms with Gasteiger partial charge in [0.2, 0.25) is 0 Å². The third-order valence-electron chi connectivity index (χ3n) is 3.70. The summed E-state index contributed by atoms with van der Waals surface area (Å²) in [5.41, 5.74) is 7.47. The van der Waals surface area contributed by atoms with E-state index in [9.17, 15) is 4.79 Å². The van der Waals surface area contributed by atoms with Crippen LogP contribution in [-0.4, -0.2) is 23.0 Å². The highest BCUT2D eigenvalue weighted by molar-refractivity contribution is 5.95. The van der Waals surface area contributed by atoms with E-state index < -0.39 is 0 Å². The van der Waals surface area contributed by atoms with Crippen molar-refractivity contribution in [3.05, 3.63) is 29.6 Å². The lowest BCUT2D eigenvalue weighted by atomic mass is 9.82. The topological polar surface area (TPSA) is 68.0 Å². The van der Waals surface area contributed by atoms with Crippen LogP contribution in [0.2, 0.25) is 0 Å². The van der Waals surface area contributed by atoms with Gasteiger partial charge in [-0.25, -0.2) is 0 Å². The van der Waals surface area contributed by atoms with E-state index in [4.69, 9.17) is 5.73 Å². The van der Waals surface area contributed by atoms with E-state index in [1.807, 2.05) is 6.92 Å². The molecule has 2 rings (SSSR count). The third kappa shape index (κ3) is 4.93. The van der Waals surface area contributed by atoms with Gasteiger partial charge in [-0.3, -0.25) is 9.78 Å². The van der Waals surface area contributed by atoms with E-state index in [2.05, 4.69) is 10.3 Å². The SMILES string of the molecule is Cc1ncccc1C(=O)NCC1(N)CCCCC1.Cl.Cl. The van der Waals surface area contributed by atoms with Crippen LogP contribution >= 0.6 is 24.8 Å². The Kier molecular flexibility index (Phi) is 8.09. The van der Waals surface area contributed by atoms with Crippen molar-refractivity contribution in [3.63, 3.8) is 0 Å². The van der Waals surface area contributed by atoms with Gasteiger partial charge in [0.1, 0.15) is 0 Å². The largest absolute Gasteiger partial charge is 0.350 e. The summed E-state index contributed by atoms with van der Waals surface area (Å²) in [4.78, 5) is 16.2. The molecule has 0 saturated heterocycles. The standard InChI is InChI=1S/C14H21N3O.2ClH/c1-11-12(6-5-9-16-11)13(18)17-10-14(15)7-3-2-4-8-14;;/h5-6,9H,2-4,7-8,10,15H2,1H3,(H,17,18);2*1H. The van der Waals surface area contributed by atoms with E-state index in [0.717, 1.165) is 31.4 Å². The molecule has 0 spiro atoms. The summed E-state index contributed by atoms with van der Waals surface area (Å²) < 4.78 is 0. The number of hydrogen-bond donors (Lipinski definition) is 2. The third-order valence-corrected chi connectivity index (χ3v) is 3.70. The van der Waals surface area contributed by atoms with E-state index in [1.165, 1.54) is 6.42 Å². The van der Waals surface area contributed by atoms with Crippen LogP contribution in [-0.2, 0) is 0 Å². The van der Waals surface area contributed by atoms with Crippen molar-refractivity contribution in [1.82, 2.24) is 10.3 Å². The van der Waals surface area contributed by atoms with E-state index in [1.54, 1.807) is 18.3 Å². The number of aryl methyl sites for hydroxylation is 1. The minimum atomic E-state index is -0.218. The zero-order valence-electron chi connectivity index (χ0n) is 11.7. The Morgan fingerprint density at radius 1 is 1.35 bits per heavy atom. The monoisotopic (exact) mass is 319 g/mol. The lowest BCUT2D eigenvalue weighted by molar-refractivity contribution is 0.0936. The Labute approximate surface area is 132 Å². The molecule has 1 aromatic heterocycles. The summed E-state index contributed by atoms with van der Waals surface area (Å²) in [5.74, 6) is -0.0731. The number of aromatic nitrogens is 1. The number of hydrogen-bond acceptors (Lipinski definition) is 3. The first kappa shape index (κ1) is 19.2. The summed E-state index contributed by atoms with van der Waals surface area (Å²) in [6.07, 6.45) is 7.28. The zero-order valence-corrected chi connectivity index (χ0v) is 13.4. The van der Waals surface area contributed by atoms with Crippen LogP contribution in [0.25, 0.3) is 0 Å². The Morgan fingerprint density at radius 2 is 2.00 bits per heavy atom. The van der Waals surface area contributed by atoms with Crippen LogP contribution in [0.3, 0.4) is 0 Å². The Bertz CT molecular complexity index is 434. The average Bonchev–Trinajstić information content (AvgIpc) is 2.38. The molecule has 1 fully saturated rings. The highest BCUT2D eigenvalue weighted by Crippen LogP contribution is 2.25. The maximum Gasteiger partial charge on any atom is 0.253 e. The normalized spacial score (nSPS) is 16.5. The molecule has 1 saturated carbocycles. The fraction of sp³-hybridized carbons (Fsp3) is 0.571. The van der Waals surface area contributed by atoms with Gasteiger partial charge in [-0.1, -0.05) is 19.3 Å². The molecular weight excluding hydrogens is 297 g/mol. The maximum absolute atomic E-state index is 12.0. The van der Waals surface area contributed by atoms with Gasteiger partial charge in [-0.2, -0.15) is 0 Å². The van der Waals surface area contributed by atoms with Gasteiger partial charge in [0.15, 0.2) is 0 Å². The first-order chi connectivity index (χ1) is 8.61. The van der Waals surface area contributed by atoms with Gasteiger partial charge >= 0.3 is 0 Å². The molecule has 0 bridgehead atoms. The summed E-state index contributed by atoms with van der Waals surface area (Å²) in [5, 5.41) is 2.95. The molecule has 114 valence electrons. The van der Waals surface area contributed by atoms with Crippen LogP contribution in [0.1, 0.15) is 48.2 Å². The smallest absolute Gasteiger partial charge is 0.253 e. The summed E-state index contributed by atoms with van der Waals surface area (Å²) >= 11 is 0. The second kappa shape index (κ2) is 8.45. The zero-order chi connectivity index (χ0) is 13.0. The quantitative estimate of drug-likeness (QED) is 0.899. The minimum Gasteiger partial charge on any atom is -0.350 e. The van der Waals surface area contributed by atoms with E-state index in [0.29, 0.717) is 12.1 Å². The van der Waals surface area contributed by atoms with Crippen molar-refractivity contribution in [2.24, 2.45) is 5.73 Å². The summed E-state index contributed by atoms with van der Waals surface area (Å²) in [7, 11) is 0. The van der Waals surface area contributed by atoms with Gasteiger partial charge in [-0.15, -0.1) is 24.8 Å². The second-order valence-electron chi connectivity index (χ2n) is 5.24. The van der Waals surface area contributed by atoms with Crippen LogP contribution in [0, 0.1) is 6.92 Å². The number of halogens is 2. The second-order valence-corrected chi connectivity index (χ2v) is 5.24. The molecule has 1 aromatic rings. The number of nitrogens with zero attached hydrogens (tertiary/aromatic N) is 1. The molecule has 1 aliphatic rings. The van der Waals surface area contributed by atoms with Crippen LogP contribution in [0.5, 0.6) is 0 Å². The predicted molar refractivity (Wildman–Crippen MR) is 85.8 cm³/mol. The lowest BCUT2D eigenvalue weighted by Gasteiger charge is -2.33. The number of amides is 1. The summed E-state index contributed by atoms with van der Waals surface area (Å²) in [6, 6.07) is 3.57. The number of nitrogens with two attached hydrogens (primary N) is 1. The highest BCUT2D eigenvalue weighted by Gasteiger charge is 2.27. The first-order valence-corrected chi connectivity index (χ1v) is 6.59. The molecule has 0 aromatic carbocycles. The van der Waals surface area contributed by atoms with Gasteiger partial charge < -0.3 is 11.1 Å². The molecule has 1 amide bonds. The van der Waals surface area contributed by atoms with Crippen LogP contribution < -0.4 is 11.1 Å². The maximum atomic E-state index is 12.0. The summed E-state index contributed by atoms with van der Waals surface area (Å²) in [6.45, 7) is 2.40. The number of nitrogens with one attached hydrogen (secondary N) is 1. The van der Waals surface area contributed by atoms with Crippen molar-refractivity contribution in [1.29, 1.82) is 0 Å². The van der Waals surface area contributed by atoms with Crippen molar-refractivity contribution in [2.45, 2.75) is 44.6 Å². The lowest BCUT2D eigenvalue weighted by Crippen LogP contribution is -2.51. The molecule has 0 atom stereocenters. The molecule has 3 N–H and O–H groups in total. The molecule has 20 heavy (non-hydrogen) atoms. The van der Waals surface area contributed by atoms with Gasteiger partial charge in [-0.05, 0) is 31.9 Å². The first-order valence-electron chi connectivity index (χ1n) is 6.59. The van der Waals surface area contributed by atoms with Crippen molar-refractivity contribution >= 4 is 30.7 Å². The number of rotatable bonds is 3. The van der Waals surface area contributed by atoms with E-state index in [-0.39, 0.29) is 36.3 Å². The van der Waals surface area contributed by atoms with Gasteiger partial charge in [0.05, 0.1) is 5.56 Å². The predicted octanol–water partition coefficient (Wildman–Crippen LogP) is 2.63. The number of pyridine rings is 1. The Hall–Kier alpha value is -0.840. The van der Waals surface area contributed by atoms with Crippen molar-refractivity contribution < 1.29 is 4.79 Å². The minimum absolute atomic E-state index is 0. The fourth-order valence-electron chi connectivity index (χ4n) is 2.51. The molecule has 0 radical (unpaired) electrons. The number of carbonyl (C=O) groups excluding carboxylic acids is 1. The van der Waals surface area contributed by atoms with Crippen molar-refractivity contribution in [3.8, 4) is 0 Å². The Balaban J connectivity index is 0.00000180. The highest BCUT2D eigenvalue weighted by atomic mass is 35.5. The molecule has 4 nitrogen and oxygen atoms in total. The average molecular weight is 320 g/mol. The van der Waals surface area contributed by atoms with E-state index >= 15 is 0 Å². The molecular formula is C14H23Cl2N3O. The molecule has 0 aliphatic heterocycles.